The molecule has 1 unspecified atom stereocenters. The third kappa shape index (κ3) is 7.04. The van der Waals surface area contributed by atoms with Crippen molar-refractivity contribution >= 4 is 6.09 Å². The van der Waals surface area contributed by atoms with Gasteiger partial charge in [-0.15, -0.1) is 0 Å². The van der Waals surface area contributed by atoms with Gasteiger partial charge in [0, 0.05) is 12.6 Å². The normalized spacial score (nSPS) is 16.0. The predicted molar refractivity (Wildman–Crippen MR) is 93.6 cm³/mol. The number of nitrogens with one attached hydrogen (secondary N) is 2. The standard InChI is InChI=1S/C19H30N2O2/c1-14(21-18(22)23-19(2,3)4)11-12-20-13-15-5-7-16(8-6-15)17-9-10-17/h5-8,14,17,20H,9-13H2,1-4H3,(H,21,22). The Morgan fingerprint density at radius 3 is 2.48 bits per heavy atom. The lowest BCUT2D eigenvalue weighted by Crippen LogP contribution is -2.38. The maximum atomic E-state index is 11.7. The molecule has 1 aliphatic carbocycles. The van der Waals surface area contributed by atoms with Crippen molar-refractivity contribution < 1.29 is 9.53 Å². The molecule has 0 saturated heterocycles. The van der Waals surface area contributed by atoms with Gasteiger partial charge in [-0.2, -0.15) is 0 Å². The molecule has 2 N–H and O–H groups in total. The number of carbonyl (C=O) groups is 1. The summed E-state index contributed by atoms with van der Waals surface area (Å²) < 4.78 is 5.25. The summed E-state index contributed by atoms with van der Waals surface area (Å²) in [5.41, 5.74) is 2.33. The van der Waals surface area contributed by atoms with Gasteiger partial charge in [-0.1, -0.05) is 24.3 Å². The second-order valence-corrected chi connectivity index (χ2v) is 7.53. The van der Waals surface area contributed by atoms with Gasteiger partial charge in [0.05, 0.1) is 0 Å². The number of carbonyl (C=O) groups excluding carboxylic acids is 1. The van der Waals surface area contributed by atoms with Crippen molar-refractivity contribution in [1.82, 2.24) is 10.6 Å². The summed E-state index contributed by atoms with van der Waals surface area (Å²) in [5, 5.41) is 6.29. The topological polar surface area (TPSA) is 50.4 Å². The maximum Gasteiger partial charge on any atom is 0.407 e. The van der Waals surface area contributed by atoms with Gasteiger partial charge in [0.25, 0.3) is 0 Å². The number of alkyl carbamates (subject to hydrolysis) is 1. The van der Waals surface area contributed by atoms with E-state index in [9.17, 15) is 4.79 Å². The lowest BCUT2D eigenvalue weighted by atomic mass is 10.1. The Morgan fingerprint density at radius 2 is 1.91 bits per heavy atom. The smallest absolute Gasteiger partial charge is 0.407 e. The van der Waals surface area contributed by atoms with Crippen molar-refractivity contribution in [1.29, 1.82) is 0 Å². The molecule has 2 rings (SSSR count). The van der Waals surface area contributed by atoms with Crippen LogP contribution in [0.25, 0.3) is 0 Å². The Kier molecular flexibility index (Phi) is 6.05. The van der Waals surface area contributed by atoms with Gasteiger partial charge in [0.1, 0.15) is 5.60 Å². The van der Waals surface area contributed by atoms with E-state index in [1.165, 1.54) is 24.0 Å². The van der Waals surface area contributed by atoms with Gasteiger partial charge in [0.15, 0.2) is 0 Å². The zero-order chi connectivity index (χ0) is 16.9. The van der Waals surface area contributed by atoms with Crippen molar-refractivity contribution in [3.63, 3.8) is 0 Å². The third-order valence-electron chi connectivity index (χ3n) is 3.87. The van der Waals surface area contributed by atoms with Crippen LogP contribution in [0.1, 0.15) is 64.0 Å². The molecule has 4 heteroatoms. The number of hydrogen-bond donors (Lipinski definition) is 2. The highest BCUT2D eigenvalue weighted by molar-refractivity contribution is 5.67. The second-order valence-electron chi connectivity index (χ2n) is 7.53. The Bertz CT molecular complexity index is 501. The van der Waals surface area contributed by atoms with Crippen molar-refractivity contribution in [3.05, 3.63) is 35.4 Å². The van der Waals surface area contributed by atoms with E-state index in [-0.39, 0.29) is 12.1 Å². The molecule has 0 spiro atoms. The van der Waals surface area contributed by atoms with E-state index in [4.69, 9.17) is 4.74 Å². The number of rotatable bonds is 7. The molecule has 1 aromatic rings. The Balaban J connectivity index is 1.59. The first kappa shape index (κ1) is 17.8. The van der Waals surface area contributed by atoms with Crippen LogP contribution in [0.2, 0.25) is 0 Å². The quantitative estimate of drug-likeness (QED) is 0.748. The van der Waals surface area contributed by atoms with Crippen LogP contribution < -0.4 is 10.6 Å². The van der Waals surface area contributed by atoms with E-state index in [1.54, 1.807) is 0 Å². The van der Waals surface area contributed by atoms with E-state index < -0.39 is 5.60 Å². The van der Waals surface area contributed by atoms with Crippen LogP contribution in [0.3, 0.4) is 0 Å². The average Bonchev–Trinajstić information content (AvgIpc) is 3.26. The van der Waals surface area contributed by atoms with Crippen molar-refractivity contribution in [2.75, 3.05) is 6.54 Å². The molecule has 1 aliphatic rings. The largest absolute Gasteiger partial charge is 0.444 e. The summed E-state index contributed by atoms with van der Waals surface area (Å²) in [6.07, 6.45) is 3.22. The van der Waals surface area contributed by atoms with Crippen molar-refractivity contribution in [2.45, 2.75) is 71.1 Å². The van der Waals surface area contributed by atoms with Gasteiger partial charge in [-0.3, -0.25) is 0 Å². The van der Waals surface area contributed by atoms with Crippen LogP contribution in [0.5, 0.6) is 0 Å². The molecule has 0 bridgehead atoms. The van der Waals surface area contributed by atoms with Gasteiger partial charge in [-0.05, 0) is 70.5 Å². The van der Waals surface area contributed by atoms with Gasteiger partial charge in [0.2, 0.25) is 0 Å². The van der Waals surface area contributed by atoms with Crippen LogP contribution in [-0.2, 0) is 11.3 Å². The number of hydrogen-bond acceptors (Lipinski definition) is 3. The molecule has 0 aliphatic heterocycles. The summed E-state index contributed by atoms with van der Waals surface area (Å²) >= 11 is 0. The van der Waals surface area contributed by atoms with Crippen molar-refractivity contribution in [2.24, 2.45) is 0 Å². The highest BCUT2D eigenvalue weighted by Gasteiger charge is 2.22. The molecular weight excluding hydrogens is 288 g/mol. The molecule has 23 heavy (non-hydrogen) atoms. The molecule has 1 fully saturated rings. The molecule has 1 aromatic carbocycles. The Labute approximate surface area is 140 Å². The van der Waals surface area contributed by atoms with Crippen LogP contribution in [0, 0.1) is 0 Å². The first-order chi connectivity index (χ1) is 10.8. The monoisotopic (exact) mass is 318 g/mol. The number of amides is 1. The minimum absolute atomic E-state index is 0.0922. The molecule has 0 heterocycles. The first-order valence-electron chi connectivity index (χ1n) is 8.62. The van der Waals surface area contributed by atoms with E-state index in [2.05, 4.69) is 34.9 Å². The number of benzene rings is 1. The molecule has 128 valence electrons. The van der Waals surface area contributed by atoms with Crippen molar-refractivity contribution in [3.8, 4) is 0 Å². The molecule has 1 atom stereocenters. The first-order valence-corrected chi connectivity index (χ1v) is 8.62. The van der Waals surface area contributed by atoms with E-state index in [0.29, 0.717) is 0 Å². The average molecular weight is 318 g/mol. The lowest BCUT2D eigenvalue weighted by Gasteiger charge is -2.22. The summed E-state index contributed by atoms with van der Waals surface area (Å²) in [7, 11) is 0. The molecule has 4 nitrogen and oxygen atoms in total. The zero-order valence-electron chi connectivity index (χ0n) is 14.8. The van der Waals surface area contributed by atoms with Gasteiger partial charge >= 0.3 is 6.09 Å². The van der Waals surface area contributed by atoms with Gasteiger partial charge < -0.3 is 15.4 Å². The van der Waals surface area contributed by atoms with E-state index in [1.807, 2.05) is 27.7 Å². The fourth-order valence-corrected chi connectivity index (χ4v) is 2.46. The summed E-state index contributed by atoms with van der Waals surface area (Å²) in [5.74, 6) is 0.816. The Hall–Kier alpha value is -1.55. The molecule has 1 amide bonds. The van der Waals surface area contributed by atoms with Crippen LogP contribution in [0.4, 0.5) is 4.79 Å². The molecule has 1 saturated carbocycles. The molecule has 0 aromatic heterocycles. The summed E-state index contributed by atoms with van der Waals surface area (Å²) in [6, 6.07) is 9.02. The number of ether oxygens (including phenoxy) is 1. The fraction of sp³-hybridized carbons (Fsp3) is 0.632. The lowest BCUT2D eigenvalue weighted by molar-refractivity contribution is 0.0506. The maximum absolute atomic E-state index is 11.7. The summed E-state index contributed by atoms with van der Waals surface area (Å²) in [6.45, 7) is 9.33. The molecule has 0 radical (unpaired) electrons. The van der Waals surface area contributed by atoms with E-state index in [0.717, 1.165) is 25.4 Å². The zero-order valence-corrected chi connectivity index (χ0v) is 14.8. The molecular formula is C19H30N2O2. The minimum atomic E-state index is -0.450. The Morgan fingerprint density at radius 1 is 1.26 bits per heavy atom. The summed E-state index contributed by atoms with van der Waals surface area (Å²) in [4.78, 5) is 11.7. The SMILES string of the molecule is CC(CCNCc1ccc(C2CC2)cc1)NC(=O)OC(C)(C)C. The minimum Gasteiger partial charge on any atom is -0.444 e. The van der Waals surface area contributed by atoms with Crippen LogP contribution in [-0.4, -0.2) is 24.3 Å². The van der Waals surface area contributed by atoms with Crippen LogP contribution in [0.15, 0.2) is 24.3 Å². The van der Waals surface area contributed by atoms with Gasteiger partial charge in [-0.25, -0.2) is 4.79 Å². The highest BCUT2D eigenvalue weighted by atomic mass is 16.6. The second kappa shape index (κ2) is 7.82. The fourth-order valence-electron chi connectivity index (χ4n) is 2.46. The van der Waals surface area contributed by atoms with E-state index >= 15 is 0 Å². The highest BCUT2D eigenvalue weighted by Crippen LogP contribution is 2.39. The predicted octanol–water partition coefficient (Wildman–Crippen LogP) is 3.96. The third-order valence-corrected chi connectivity index (χ3v) is 3.87. The van der Waals surface area contributed by atoms with Crippen LogP contribution >= 0.6 is 0 Å².